The number of nitrogens with zero attached hydrogens (tertiary/aromatic N) is 1. The Morgan fingerprint density at radius 2 is 1.88 bits per heavy atom. The molecule has 3 heteroatoms. The number of phenolic OH excluding ortho intramolecular Hbond substituents is 1. The highest BCUT2D eigenvalue weighted by molar-refractivity contribution is 5.42. The number of phenols is 1. The van der Waals surface area contributed by atoms with Crippen molar-refractivity contribution in [2.24, 2.45) is 0 Å². The molecule has 0 unspecified atom stereocenters. The Morgan fingerprint density at radius 1 is 1.16 bits per heavy atom. The number of hydrogen-bond donors (Lipinski definition) is 1. The number of hydrogen-bond acceptors (Lipinski definition) is 3. The van der Waals surface area contributed by atoms with Gasteiger partial charge in [0.2, 0.25) is 0 Å². The van der Waals surface area contributed by atoms with Crippen LogP contribution in [0.1, 0.15) is 55.0 Å². The van der Waals surface area contributed by atoms with Crippen LogP contribution >= 0.6 is 0 Å². The predicted octanol–water partition coefficient (Wildman–Crippen LogP) is 4.79. The molecule has 2 aromatic rings. The summed E-state index contributed by atoms with van der Waals surface area (Å²) >= 11 is 0. The van der Waals surface area contributed by atoms with E-state index in [9.17, 15) is 5.11 Å². The summed E-state index contributed by atoms with van der Waals surface area (Å²) in [4.78, 5) is 2.39. The van der Waals surface area contributed by atoms with Crippen molar-refractivity contribution < 1.29 is 9.84 Å². The molecule has 1 aliphatic rings. The molecule has 0 radical (unpaired) electrons. The molecule has 3 nitrogen and oxygen atoms in total. The topological polar surface area (TPSA) is 32.7 Å². The first-order chi connectivity index (χ1) is 11.9. The highest BCUT2D eigenvalue weighted by Crippen LogP contribution is 2.31. The van der Waals surface area contributed by atoms with Crippen molar-refractivity contribution in [3.05, 3.63) is 64.7 Å². The Kier molecular flexibility index (Phi) is 5.45. The Hall–Kier alpha value is -1.84. The normalized spacial score (nSPS) is 21.6. The third-order valence-corrected chi connectivity index (χ3v) is 4.99. The molecule has 0 aromatic heterocycles. The van der Waals surface area contributed by atoms with E-state index in [4.69, 9.17) is 4.74 Å². The standard InChI is InChI=1S/C22H29NO2/c1-15(2)20-11-19(21(24)10-16(20)3)13-23-12-17(4)25-22(14-23)18-8-6-5-7-9-18/h5-11,15,17,22,24H,12-14H2,1-4H3/t17-,22-/m1/s1. The van der Waals surface area contributed by atoms with E-state index < -0.39 is 0 Å². The summed E-state index contributed by atoms with van der Waals surface area (Å²) in [6, 6.07) is 14.5. The van der Waals surface area contributed by atoms with E-state index >= 15 is 0 Å². The summed E-state index contributed by atoms with van der Waals surface area (Å²) < 4.78 is 6.15. The zero-order valence-corrected chi connectivity index (χ0v) is 15.7. The lowest BCUT2D eigenvalue weighted by Crippen LogP contribution is -2.42. The molecule has 134 valence electrons. The molecule has 25 heavy (non-hydrogen) atoms. The van der Waals surface area contributed by atoms with Crippen LogP contribution in [0.25, 0.3) is 0 Å². The zero-order chi connectivity index (χ0) is 18.0. The maximum atomic E-state index is 10.4. The lowest BCUT2D eigenvalue weighted by molar-refractivity contribution is -0.0815. The molecule has 0 amide bonds. The van der Waals surface area contributed by atoms with Gasteiger partial charge in [0.15, 0.2) is 0 Å². The van der Waals surface area contributed by atoms with Gasteiger partial charge < -0.3 is 9.84 Å². The van der Waals surface area contributed by atoms with Crippen molar-refractivity contribution >= 4 is 0 Å². The monoisotopic (exact) mass is 339 g/mol. The van der Waals surface area contributed by atoms with Crippen LogP contribution in [0.3, 0.4) is 0 Å². The van der Waals surface area contributed by atoms with Gasteiger partial charge >= 0.3 is 0 Å². The van der Waals surface area contributed by atoms with Gasteiger partial charge in [0.25, 0.3) is 0 Å². The Morgan fingerprint density at radius 3 is 2.56 bits per heavy atom. The fourth-order valence-corrected chi connectivity index (χ4v) is 3.77. The minimum atomic E-state index is 0.0853. The average Bonchev–Trinajstić information content (AvgIpc) is 2.57. The molecule has 1 aliphatic heterocycles. The van der Waals surface area contributed by atoms with Crippen LogP contribution in [0.15, 0.2) is 42.5 Å². The molecule has 1 fully saturated rings. The smallest absolute Gasteiger partial charge is 0.120 e. The maximum Gasteiger partial charge on any atom is 0.120 e. The van der Waals surface area contributed by atoms with Crippen molar-refractivity contribution in [3.63, 3.8) is 0 Å². The maximum absolute atomic E-state index is 10.4. The van der Waals surface area contributed by atoms with E-state index in [1.165, 1.54) is 11.1 Å². The summed E-state index contributed by atoms with van der Waals surface area (Å²) in [6.45, 7) is 11.1. The SMILES string of the molecule is Cc1cc(O)c(CN2C[C@@H](C)O[C@@H](c3ccccc3)C2)cc1C(C)C. The second kappa shape index (κ2) is 7.59. The van der Waals surface area contributed by atoms with Gasteiger partial charge in [-0.15, -0.1) is 0 Å². The van der Waals surface area contributed by atoms with E-state index in [0.29, 0.717) is 11.7 Å². The summed E-state index contributed by atoms with van der Waals surface area (Å²) in [5, 5.41) is 10.4. The molecule has 2 aromatic carbocycles. The molecular formula is C22H29NO2. The second-order valence-electron chi connectivity index (χ2n) is 7.53. The van der Waals surface area contributed by atoms with E-state index in [-0.39, 0.29) is 12.2 Å². The number of morpholine rings is 1. The molecular weight excluding hydrogens is 310 g/mol. The van der Waals surface area contributed by atoms with Crippen LogP contribution in [0.5, 0.6) is 5.75 Å². The predicted molar refractivity (Wildman–Crippen MR) is 102 cm³/mol. The molecule has 0 saturated carbocycles. The molecule has 0 spiro atoms. The Balaban J connectivity index is 1.79. The van der Waals surface area contributed by atoms with E-state index in [1.54, 1.807) is 0 Å². The highest BCUT2D eigenvalue weighted by atomic mass is 16.5. The van der Waals surface area contributed by atoms with Gasteiger partial charge in [-0.2, -0.15) is 0 Å². The summed E-state index contributed by atoms with van der Waals surface area (Å²) in [5.74, 6) is 0.859. The van der Waals surface area contributed by atoms with Crippen LogP contribution in [-0.4, -0.2) is 29.2 Å². The Labute approximate surface area is 151 Å². The van der Waals surface area contributed by atoms with Crippen LogP contribution in [0, 0.1) is 6.92 Å². The molecule has 2 atom stereocenters. The van der Waals surface area contributed by atoms with Crippen molar-refractivity contribution in [3.8, 4) is 5.75 Å². The third-order valence-electron chi connectivity index (χ3n) is 4.99. The van der Waals surface area contributed by atoms with Crippen molar-refractivity contribution in [1.29, 1.82) is 0 Å². The van der Waals surface area contributed by atoms with Gasteiger partial charge in [-0.25, -0.2) is 0 Å². The molecule has 1 N–H and O–H groups in total. The minimum absolute atomic E-state index is 0.0853. The first kappa shape index (κ1) is 18.0. The van der Waals surface area contributed by atoms with Crippen LogP contribution in [0.2, 0.25) is 0 Å². The van der Waals surface area contributed by atoms with E-state index in [2.05, 4.69) is 62.9 Å². The lowest BCUT2D eigenvalue weighted by Gasteiger charge is -2.37. The largest absolute Gasteiger partial charge is 0.508 e. The number of aryl methyl sites for hydroxylation is 1. The first-order valence-corrected chi connectivity index (χ1v) is 9.19. The molecule has 0 bridgehead atoms. The lowest BCUT2D eigenvalue weighted by atomic mass is 9.95. The van der Waals surface area contributed by atoms with Crippen molar-refractivity contribution in [1.82, 2.24) is 4.90 Å². The molecule has 1 heterocycles. The van der Waals surface area contributed by atoms with Gasteiger partial charge in [-0.05, 0) is 42.5 Å². The van der Waals surface area contributed by atoms with Crippen LogP contribution < -0.4 is 0 Å². The number of benzene rings is 2. The fraction of sp³-hybridized carbons (Fsp3) is 0.455. The van der Waals surface area contributed by atoms with Crippen LogP contribution in [0.4, 0.5) is 0 Å². The molecule has 1 saturated heterocycles. The summed E-state index contributed by atoms with van der Waals surface area (Å²) in [5.41, 5.74) is 4.70. The fourth-order valence-electron chi connectivity index (χ4n) is 3.77. The second-order valence-corrected chi connectivity index (χ2v) is 7.53. The van der Waals surface area contributed by atoms with Gasteiger partial charge in [0.05, 0.1) is 12.2 Å². The average molecular weight is 339 g/mol. The quantitative estimate of drug-likeness (QED) is 0.869. The van der Waals surface area contributed by atoms with Gasteiger partial charge in [0.1, 0.15) is 5.75 Å². The van der Waals surface area contributed by atoms with Gasteiger partial charge in [-0.1, -0.05) is 50.2 Å². The minimum Gasteiger partial charge on any atom is -0.508 e. The highest BCUT2D eigenvalue weighted by Gasteiger charge is 2.27. The molecule has 0 aliphatic carbocycles. The van der Waals surface area contributed by atoms with Gasteiger partial charge in [0, 0.05) is 25.2 Å². The van der Waals surface area contributed by atoms with E-state index in [1.807, 2.05) is 12.1 Å². The van der Waals surface area contributed by atoms with E-state index in [0.717, 1.165) is 30.8 Å². The first-order valence-electron chi connectivity index (χ1n) is 9.19. The van der Waals surface area contributed by atoms with Gasteiger partial charge in [-0.3, -0.25) is 4.90 Å². The molecule has 3 rings (SSSR count). The zero-order valence-electron chi connectivity index (χ0n) is 15.7. The summed E-state index contributed by atoms with van der Waals surface area (Å²) in [6.07, 6.45) is 0.262. The van der Waals surface area contributed by atoms with Crippen molar-refractivity contribution in [2.75, 3.05) is 13.1 Å². The van der Waals surface area contributed by atoms with Crippen molar-refractivity contribution in [2.45, 2.75) is 52.4 Å². The summed E-state index contributed by atoms with van der Waals surface area (Å²) in [7, 11) is 0. The number of ether oxygens (including phenoxy) is 1. The van der Waals surface area contributed by atoms with Crippen LogP contribution in [-0.2, 0) is 11.3 Å². The Bertz CT molecular complexity index is 711. The number of rotatable bonds is 4. The number of aromatic hydroxyl groups is 1. The third kappa shape index (κ3) is 4.23.